The van der Waals surface area contributed by atoms with Crippen LogP contribution in [0.4, 0.5) is 4.39 Å². The fourth-order valence-corrected chi connectivity index (χ4v) is 3.09. The highest BCUT2D eigenvalue weighted by atomic mass is 19.1. The molecule has 0 aliphatic heterocycles. The lowest BCUT2D eigenvalue weighted by Gasteiger charge is -2.34. The summed E-state index contributed by atoms with van der Waals surface area (Å²) < 4.78 is 21.0. The summed E-state index contributed by atoms with van der Waals surface area (Å²) in [5.41, 5.74) is 1.74. The zero-order chi connectivity index (χ0) is 16.6. The van der Waals surface area contributed by atoms with E-state index in [4.69, 9.17) is 4.74 Å². The number of rotatable bonds is 3. The second-order valence-corrected chi connectivity index (χ2v) is 5.91. The number of fused-ring (bicyclic) bond motifs is 1. The minimum atomic E-state index is -1.12. The van der Waals surface area contributed by atoms with Gasteiger partial charge in [0.05, 0.1) is 17.7 Å². The van der Waals surface area contributed by atoms with E-state index < -0.39 is 12.2 Å². The number of hydrogen-bond acceptors (Lipinski definition) is 3. The van der Waals surface area contributed by atoms with Gasteiger partial charge in [-0.2, -0.15) is 5.10 Å². The molecule has 3 rings (SSSR count). The number of carbonyl (C=O) groups is 1. The molecule has 1 aliphatic carbocycles. The van der Waals surface area contributed by atoms with Crippen molar-refractivity contribution in [2.75, 3.05) is 7.11 Å². The first-order valence-electron chi connectivity index (χ1n) is 7.58. The number of alkyl halides is 1. The molecule has 3 unspecified atom stereocenters. The number of halogens is 1. The molecule has 0 spiro atoms. The molecule has 1 aromatic heterocycles. The van der Waals surface area contributed by atoms with E-state index in [2.05, 4.69) is 17.0 Å². The van der Waals surface area contributed by atoms with Gasteiger partial charge in [0, 0.05) is 26.0 Å². The van der Waals surface area contributed by atoms with E-state index in [0.717, 1.165) is 10.9 Å². The molecule has 23 heavy (non-hydrogen) atoms. The van der Waals surface area contributed by atoms with E-state index in [-0.39, 0.29) is 18.4 Å². The molecule has 1 aliphatic rings. The van der Waals surface area contributed by atoms with Gasteiger partial charge in [0.25, 0.3) is 5.91 Å². The average Bonchev–Trinajstić information content (AvgIpc) is 2.88. The number of carbonyl (C=O) groups excluding carboxylic acids is 1. The summed E-state index contributed by atoms with van der Waals surface area (Å²) >= 11 is 0. The highest BCUT2D eigenvalue weighted by Crippen LogP contribution is 2.28. The number of para-hydroxylation sites is 1. The van der Waals surface area contributed by atoms with Crippen LogP contribution in [-0.4, -0.2) is 41.1 Å². The van der Waals surface area contributed by atoms with Crippen LogP contribution in [0.3, 0.4) is 0 Å². The van der Waals surface area contributed by atoms with Crippen LogP contribution in [0.5, 0.6) is 0 Å². The number of aromatic nitrogens is 2. The molecule has 6 heteroatoms. The van der Waals surface area contributed by atoms with E-state index in [1.165, 1.54) is 0 Å². The average molecular weight is 317 g/mol. The van der Waals surface area contributed by atoms with Gasteiger partial charge < -0.3 is 10.1 Å². The summed E-state index contributed by atoms with van der Waals surface area (Å²) in [6.07, 6.45) is -0.806. The van der Waals surface area contributed by atoms with E-state index in [1.54, 1.807) is 18.8 Å². The molecule has 1 fully saturated rings. The van der Waals surface area contributed by atoms with Crippen molar-refractivity contribution in [3.05, 3.63) is 42.1 Å². The number of ether oxygens (including phenoxy) is 1. The van der Waals surface area contributed by atoms with Gasteiger partial charge in [-0.3, -0.25) is 9.48 Å². The molecule has 1 saturated carbocycles. The van der Waals surface area contributed by atoms with E-state index in [9.17, 15) is 9.18 Å². The van der Waals surface area contributed by atoms with Gasteiger partial charge in [-0.05, 0) is 18.1 Å². The fraction of sp³-hybridized carbons (Fsp3) is 0.412. The molecule has 2 aromatic rings. The van der Waals surface area contributed by atoms with Crippen molar-refractivity contribution < 1.29 is 13.9 Å². The van der Waals surface area contributed by atoms with Gasteiger partial charge in [-0.25, -0.2) is 4.39 Å². The molecule has 0 bridgehead atoms. The van der Waals surface area contributed by atoms with Crippen molar-refractivity contribution in [3.63, 3.8) is 0 Å². The maximum Gasteiger partial charge on any atom is 0.272 e. The highest BCUT2D eigenvalue weighted by Gasteiger charge is 2.34. The van der Waals surface area contributed by atoms with Crippen molar-refractivity contribution in [1.29, 1.82) is 0 Å². The molecule has 5 nitrogen and oxygen atoms in total. The number of benzene rings is 1. The minimum Gasteiger partial charge on any atom is -0.379 e. The third-order valence-electron chi connectivity index (χ3n) is 4.41. The topological polar surface area (TPSA) is 56.1 Å². The van der Waals surface area contributed by atoms with Gasteiger partial charge in [-0.15, -0.1) is 0 Å². The molecular formula is C17H20FN3O2. The zero-order valence-electron chi connectivity index (χ0n) is 13.3. The third kappa shape index (κ3) is 2.86. The number of methoxy groups -OCH3 is 1. The Bertz CT molecular complexity index is 755. The Labute approximate surface area is 134 Å². The number of amides is 1. The summed E-state index contributed by atoms with van der Waals surface area (Å²) in [5.74, 6) is -0.312. The molecule has 1 N–H and O–H groups in total. The number of hydrogen-bond donors (Lipinski definition) is 1. The standard InChI is InChI=1S/C17H20FN3O2/c1-10-8-15(23-3)13(9-12(10)18)19-17(22)16-11-6-4-5-7-14(11)21(2)20-16/h4-7,12-13,15H,1,8-9H2,2-3H3,(H,19,22). The smallest absolute Gasteiger partial charge is 0.272 e. The molecule has 0 saturated heterocycles. The van der Waals surface area contributed by atoms with Crippen LogP contribution in [0.25, 0.3) is 10.9 Å². The first kappa shape index (κ1) is 15.7. The zero-order valence-corrected chi connectivity index (χ0v) is 13.3. The van der Waals surface area contributed by atoms with Crippen LogP contribution in [-0.2, 0) is 11.8 Å². The third-order valence-corrected chi connectivity index (χ3v) is 4.41. The monoisotopic (exact) mass is 317 g/mol. The molecule has 1 heterocycles. The van der Waals surface area contributed by atoms with Crippen LogP contribution in [0, 0.1) is 0 Å². The second kappa shape index (κ2) is 6.12. The minimum absolute atomic E-state index is 0.174. The quantitative estimate of drug-likeness (QED) is 0.884. The van der Waals surface area contributed by atoms with Crippen LogP contribution < -0.4 is 5.32 Å². The van der Waals surface area contributed by atoms with Gasteiger partial charge in [-0.1, -0.05) is 24.8 Å². The number of aryl methyl sites for hydroxylation is 1. The largest absolute Gasteiger partial charge is 0.379 e. The van der Waals surface area contributed by atoms with Crippen molar-refractivity contribution in [2.24, 2.45) is 7.05 Å². The number of nitrogens with one attached hydrogen (secondary N) is 1. The van der Waals surface area contributed by atoms with Crippen LogP contribution in [0.15, 0.2) is 36.4 Å². The molecule has 1 aromatic carbocycles. The van der Waals surface area contributed by atoms with Crippen molar-refractivity contribution in [1.82, 2.24) is 15.1 Å². The molecule has 0 radical (unpaired) electrons. The lowest BCUT2D eigenvalue weighted by molar-refractivity contribution is 0.0383. The van der Waals surface area contributed by atoms with Gasteiger partial charge in [0.15, 0.2) is 5.69 Å². The van der Waals surface area contributed by atoms with Crippen LogP contribution >= 0.6 is 0 Å². The van der Waals surface area contributed by atoms with Gasteiger partial charge in [0.2, 0.25) is 0 Å². The summed E-state index contributed by atoms with van der Waals surface area (Å²) in [6, 6.07) is 7.12. The Morgan fingerprint density at radius 3 is 2.96 bits per heavy atom. The summed E-state index contributed by atoms with van der Waals surface area (Å²) in [4.78, 5) is 12.6. The highest BCUT2D eigenvalue weighted by molar-refractivity contribution is 6.04. The van der Waals surface area contributed by atoms with Crippen molar-refractivity contribution in [3.8, 4) is 0 Å². The molecular weight excluding hydrogens is 297 g/mol. The normalized spacial score (nSPS) is 24.8. The number of nitrogens with zero attached hydrogens (tertiary/aromatic N) is 2. The SMILES string of the molecule is C=C1CC(OC)C(NC(=O)c2nn(C)c3ccccc23)CC1F. The first-order chi connectivity index (χ1) is 11.0. The van der Waals surface area contributed by atoms with Crippen molar-refractivity contribution in [2.45, 2.75) is 31.2 Å². The maximum atomic E-state index is 13.9. The van der Waals surface area contributed by atoms with Gasteiger partial charge in [0.1, 0.15) is 6.17 Å². The predicted octanol–water partition coefficient (Wildman–Crippen LogP) is 2.37. The Balaban J connectivity index is 1.84. The van der Waals surface area contributed by atoms with Gasteiger partial charge >= 0.3 is 0 Å². The van der Waals surface area contributed by atoms with E-state index >= 15 is 0 Å². The lowest BCUT2D eigenvalue weighted by atomic mass is 9.87. The Hall–Kier alpha value is -2.21. The fourth-order valence-electron chi connectivity index (χ4n) is 3.09. The summed E-state index contributed by atoms with van der Waals surface area (Å²) in [5, 5.41) is 7.94. The Kier molecular flexibility index (Phi) is 4.17. The maximum absolute atomic E-state index is 13.9. The van der Waals surface area contributed by atoms with Crippen LogP contribution in [0.1, 0.15) is 23.3 Å². The lowest BCUT2D eigenvalue weighted by Crippen LogP contribution is -2.49. The van der Waals surface area contributed by atoms with Crippen LogP contribution in [0.2, 0.25) is 0 Å². The first-order valence-corrected chi connectivity index (χ1v) is 7.58. The Morgan fingerprint density at radius 2 is 2.22 bits per heavy atom. The Morgan fingerprint density at radius 1 is 1.48 bits per heavy atom. The van der Waals surface area contributed by atoms with Crippen molar-refractivity contribution >= 4 is 16.8 Å². The summed E-state index contributed by atoms with van der Waals surface area (Å²) in [6.45, 7) is 3.73. The molecule has 3 atom stereocenters. The second-order valence-electron chi connectivity index (χ2n) is 5.91. The molecule has 1 amide bonds. The predicted molar refractivity (Wildman–Crippen MR) is 86.0 cm³/mol. The van der Waals surface area contributed by atoms with E-state index in [1.807, 2.05) is 24.3 Å². The summed E-state index contributed by atoms with van der Waals surface area (Å²) in [7, 11) is 3.35. The van der Waals surface area contributed by atoms with E-state index in [0.29, 0.717) is 17.7 Å². The molecule has 122 valence electrons.